The number of anilines is 1. The zero-order chi connectivity index (χ0) is 21.7. The first-order valence-electron chi connectivity index (χ1n) is 10.2. The highest BCUT2D eigenvalue weighted by atomic mass is 32.2. The molecular weight excluding hydrogens is 402 g/mol. The normalized spacial score (nSPS) is 15.5. The number of carbonyl (C=O) groups excluding carboxylic acids is 1. The summed E-state index contributed by atoms with van der Waals surface area (Å²) in [6.45, 7) is 6.62. The topological polar surface area (TPSA) is 104 Å². The number of hydrogen-bond donors (Lipinski definition) is 2. The van der Waals surface area contributed by atoms with Crippen molar-refractivity contribution in [2.24, 2.45) is 5.73 Å². The zero-order valence-corrected chi connectivity index (χ0v) is 18.7. The predicted octanol–water partition coefficient (Wildman–Crippen LogP) is 3.74. The summed E-state index contributed by atoms with van der Waals surface area (Å²) in [4.78, 5) is 16.9. The summed E-state index contributed by atoms with van der Waals surface area (Å²) in [7, 11) is 1.60. The van der Waals surface area contributed by atoms with Crippen molar-refractivity contribution in [3.05, 3.63) is 35.0 Å². The molecule has 0 saturated carbocycles. The van der Waals surface area contributed by atoms with Gasteiger partial charge in [0.25, 0.3) is 0 Å². The number of unbranched alkanes of at least 4 members (excludes halogenated alkanes) is 1. The maximum absolute atomic E-state index is 12.3. The minimum Gasteiger partial charge on any atom is -0.493 e. The van der Waals surface area contributed by atoms with Gasteiger partial charge in [0.2, 0.25) is 17.0 Å². The number of allylic oxidation sites excluding steroid dienone is 1. The third-order valence-electron chi connectivity index (χ3n) is 4.79. The Morgan fingerprint density at radius 2 is 2.10 bits per heavy atom. The number of carbonyl (C=O) groups is 1. The van der Waals surface area contributed by atoms with Crippen LogP contribution >= 0.6 is 11.8 Å². The fourth-order valence-electron chi connectivity index (χ4n) is 3.31. The van der Waals surface area contributed by atoms with Crippen molar-refractivity contribution in [3.63, 3.8) is 0 Å². The Labute approximate surface area is 181 Å². The van der Waals surface area contributed by atoms with Crippen molar-refractivity contribution in [1.82, 2.24) is 14.8 Å². The number of rotatable bonds is 10. The van der Waals surface area contributed by atoms with Crippen LogP contribution in [-0.4, -0.2) is 40.1 Å². The average Bonchev–Trinajstić information content (AvgIpc) is 3.13. The van der Waals surface area contributed by atoms with Crippen LogP contribution in [0.4, 0.5) is 5.95 Å². The summed E-state index contributed by atoms with van der Waals surface area (Å²) >= 11 is 1.60. The highest BCUT2D eigenvalue weighted by molar-refractivity contribution is 7.99. The summed E-state index contributed by atoms with van der Waals surface area (Å²) in [5.74, 6) is 2.29. The lowest BCUT2D eigenvalue weighted by Gasteiger charge is -2.28. The quantitative estimate of drug-likeness (QED) is 0.436. The van der Waals surface area contributed by atoms with E-state index in [1.165, 1.54) is 0 Å². The molecule has 0 saturated heterocycles. The fourth-order valence-corrected chi connectivity index (χ4v) is 4.23. The van der Waals surface area contributed by atoms with E-state index >= 15 is 0 Å². The number of thioether (sulfide) groups is 1. The molecule has 1 aliphatic rings. The molecule has 0 aliphatic carbocycles. The summed E-state index contributed by atoms with van der Waals surface area (Å²) in [6.07, 6.45) is 3.10. The predicted molar refractivity (Wildman–Crippen MR) is 118 cm³/mol. The fraction of sp³-hybridized carbons (Fsp3) is 0.476. The highest BCUT2D eigenvalue weighted by Gasteiger charge is 2.33. The molecule has 1 aromatic heterocycles. The van der Waals surface area contributed by atoms with Crippen LogP contribution in [-0.2, 0) is 4.79 Å². The second-order valence-corrected chi connectivity index (χ2v) is 8.12. The monoisotopic (exact) mass is 431 g/mol. The lowest BCUT2D eigenvalue weighted by Crippen LogP contribution is -2.31. The van der Waals surface area contributed by atoms with Gasteiger partial charge in [-0.25, -0.2) is 4.68 Å². The van der Waals surface area contributed by atoms with Gasteiger partial charge in [0.15, 0.2) is 11.5 Å². The van der Waals surface area contributed by atoms with Crippen molar-refractivity contribution in [1.29, 1.82) is 0 Å². The van der Waals surface area contributed by atoms with E-state index in [4.69, 9.17) is 15.2 Å². The molecule has 0 radical (unpaired) electrons. The van der Waals surface area contributed by atoms with E-state index in [-0.39, 0.29) is 0 Å². The van der Waals surface area contributed by atoms with E-state index in [9.17, 15) is 4.79 Å². The van der Waals surface area contributed by atoms with Gasteiger partial charge in [-0.3, -0.25) is 4.79 Å². The number of nitrogens with one attached hydrogen (secondary N) is 1. The SMILES string of the molecule is CCCCSc1nc2n(n1)C(c1ccc(OCCC)c(OC)c1)C(C(N)=O)=C(C)N2. The van der Waals surface area contributed by atoms with E-state index in [0.29, 0.717) is 40.5 Å². The number of benzene rings is 1. The number of methoxy groups -OCH3 is 1. The molecule has 162 valence electrons. The molecule has 1 unspecified atom stereocenters. The van der Waals surface area contributed by atoms with Crippen molar-refractivity contribution in [2.45, 2.75) is 51.2 Å². The molecular formula is C21H29N5O3S. The van der Waals surface area contributed by atoms with Gasteiger partial charge in [-0.1, -0.05) is 38.1 Å². The number of nitrogens with two attached hydrogens (primary N) is 1. The summed E-state index contributed by atoms with van der Waals surface area (Å²) in [5.41, 5.74) is 7.69. The molecule has 8 nitrogen and oxygen atoms in total. The van der Waals surface area contributed by atoms with Gasteiger partial charge in [0.1, 0.15) is 6.04 Å². The highest BCUT2D eigenvalue weighted by Crippen LogP contribution is 2.39. The molecule has 0 bridgehead atoms. The molecule has 1 aromatic carbocycles. The van der Waals surface area contributed by atoms with E-state index in [0.717, 1.165) is 30.6 Å². The van der Waals surface area contributed by atoms with Gasteiger partial charge in [0.05, 0.1) is 19.3 Å². The number of nitrogens with zero attached hydrogens (tertiary/aromatic N) is 3. The van der Waals surface area contributed by atoms with E-state index < -0.39 is 11.9 Å². The summed E-state index contributed by atoms with van der Waals surface area (Å²) in [6, 6.07) is 5.13. The molecule has 30 heavy (non-hydrogen) atoms. The second-order valence-electron chi connectivity index (χ2n) is 7.05. The first-order chi connectivity index (χ1) is 14.5. The molecule has 0 spiro atoms. The van der Waals surface area contributed by atoms with Gasteiger partial charge in [-0.2, -0.15) is 4.98 Å². The number of ether oxygens (including phenoxy) is 2. The first-order valence-corrected chi connectivity index (χ1v) is 11.2. The molecule has 1 amide bonds. The lowest BCUT2D eigenvalue weighted by molar-refractivity contribution is -0.115. The van der Waals surface area contributed by atoms with Crippen molar-refractivity contribution in [3.8, 4) is 11.5 Å². The first kappa shape index (κ1) is 22.0. The minimum absolute atomic E-state index is 0.446. The van der Waals surface area contributed by atoms with E-state index in [2.05, 4.69) is 22.3 Å². The van der Waals surface area contributed by atoms with Gasteiger partial charge in [0, 0.05) is 11.4 Å². The Balaban J connectivity index is 2.03. The molecule has 9 heteroatoms. The number of fused-ring (bicyclic) bond motifs is 1. The van der Waals surface area contributed by atoms with Gasteiger partial charge in [-0.15, -0.1) is 5.10 Å². The van der Waals surface area contributed by atoms with Gasteiger partial charge in [-0.05, 0) is 37.5 Å². The van der Waals surface area contributed by atoms with E-state index in [1.807, 2.05) is 32.0 Å². The minimum atomic E-state index is -0.503. The smallest absolute Gasteiger partial charge is 0.248 e. The summed E-state index contributed by atoms with van der Waals surface area (Å²) in [5, 5.41) is 8.51. The Kier molecular flexibility index (Phi) is 7.25. The average molecular weight is 432 g/mol. The Hall–Kier alpha value is -2.68. The third kappa shape index (κ3) is 4.56. The Morgan fingerprint density at radius 3 is 2.77 bits per heavy atom. The molecule has 2 heterocycles. The second kappa shape index (κ2) is 9.88. The largest absolute Gasteiger partial charge is 0.493 e. The zero-order valence-electron chi connectivity index (χ0n) is 17.9. The Bertz CT molecular complexity index is 941. The molecule has 0 fully saturated rings. The number of hydrogen-bond acceptors (Lipinski definition) is 7. The maximum Gasteiger partial charge on any atom is 0.248 e. The maximum atomic E-state index is 12.3. The van der Waals surface area contributed by atoms with Crippen LogP contribution < -0.4 is 20.5 Å². The lowest BCUT2D eigenvalue weighted by atomic mass is 9.95. The van der Waals surface area contributed by atoms with Crippen LogP contribution in [0.5, 0.6) is 11.5 Å². The standard InChI is InChI=1S/C21H29N5O3S/c1-5-7-11-30-21-24-20-23-13(3)17(19(22)27)18(26(20)25-21)14-8-9-15(29-10-6-2)16(12-14)28-4/h8-9,12,18H,5-7,10-11H2,1-4H3,(H2,22,27)(H,23,24,25). The number of amides is 1. The molecule has 1 atom stereocenters. The van der Waals surface area contributed by atoms with Crippen LogP contribution in [0.25, 0.3) is 0 Å². The van der Waals surface area contributed by atoms with Crippen LogP contribution in [0, 0.1) is 0 Å². The summed E-state index contributed by atoms with van der Waals surface area (Å²) < 4.78 is 13.0. The van der Waals surface area contributed by atoms with Crippen molar-refractivity contribution >= 4 is 23.6 Å². The van der Waals surface area contributed by atoms with Crippen molar-refractivity contribution < 1.29 is 14.3 Å². The molecule has 2 aromatic rings. The molecule has 1 aliphatic heterocycles. The van der Waals surface area contributed by atoms with Crippen LogP contribution in [0.2, 0.25) is 0 Å². The van der Waals surface area contributed by atoms with Gasteiger partial charge < -0.3 is 20.5 Å². The van der Waals surface area contributed by atoms with Gasteiger partial charge >= 0.3 is 0 Å². The van der Waals surface area contributed by atoms with Crippen LogP contribution in [0.3, 0.4) is 0 Å². The molecule has 3 N–H and O–H groups in total. The third-order valence-corrected chi connectivity index (χ3v) is 5.72. The molecule has 3 rings (SSSR count). The number of primary amides is 1. The number of aromatic nitrogens is 3. The van der Waals surface area contributed by atoms with E-state index in [1.54, 1.807) is 23.6 Å². The van der Waals surface area contributed by atoms with Crippen LogP contribution in [0.1, 0.15) is 51.6 Å². The van der Waals surface area contributed by atoms with Crippen LogP contribution in [0.15, 0.2) is 34.6 Å². The Morgan fingerprint density at radius 1 is 1.30 bits per heavy atom. The van der Waals surface area contributed by atoms with Crippen molar-refractivity contribution in [2.75, 3.05) is 24.8 Å².